The van der Waals surface area contributed by atoms with E-state index in [4.69, 9.17) is 16.6 Å². The van der Waals surface area contributed by atoms with Crippen molar-refractivity contribution >= 4 is 51.4 Å². The SMILES string of the molecule is Cc1ccc2nc(-c3ccc(C)c(NC(=S)NC(=O)c4ccc(N5CCCCC5)c([N+](=O)[O-])c4)c3)oc2c1. The number of carbonyl (C=O) groups is 1. The molecule has 194 valence electrons. The Morgan fingerprint density at radius 1 is 1.05 bits per heavy atom. The molecule has 2 heterocycles. The summed E-state index contributed by atoms with van der Waals surface area (Å²) in [6, 6.07) is 16.0. The van der Waals surface area contributed by atoms with Gasteiger partial charge in [-0.3, -0.25) is 20.2 Å². The van der Waals surface area contributed by atoms with Gasteiger partial charge in [-0.1, -0.05) is 12.1 Å². The maximum absolute atomic E-state index is 12.9. The average Bonchev–Trinajstić information content (AvgIpc) is 3.33. The Hall–Kier alpha value is -4.31. The van der Waals surface area contributed by atoms with Crippen LogP contribution in [0.4, 0.5) is 17.1 Å². The van der Waals surface area contributed by atoms with Gasteiger partial charge in [0.1, 0.15) is 11.2 Å². The van der Waals surface area contributed by atoms with Crippen LogP contribution < -0.4 is 15.5 Å². The van der Waals surface area contributed by atoms with Gasteiger partial charge in [0.15, 0.2) is 10.7 Å². The summed E-state index contributed by atoms with van der Waals surface area (Å²) in [5, 5.41) is 17.5. The van der Waals surface area contributed by atoms with Gasteiger partial charge in [-0.25, -0.2) is 4.98 Å². The quantitative estimate of drug-likeness (QED) is 0.180. The fraction of sp³-hybridized carbons (Fsp3) is 0.250. The van der Waals surface area contributed by atoms with Gasteiger partial charge >= 0.3 is 0 Å². The number of hydrogen-bond acceptors (Lipinski definition) is 7. The number of nitro benzene ring substituents is 1. The minimum Gasteiger partial charge on any atom is -0.436 e. The third-order valence-corrected chi connectivity index (χ3v) is 6.84. The monoisotopic (exact) mass is 529 g/mol. The van der Waals surface area contributed by atoms with E-state index in [1.165, 1.54) is 6.07 Å². The number of carbonyl (C=O) groups excluding carboxylic acids is 1. The van der Waals surface area contributed by atoms with Crippen LogP contribution in [0.3, 0.4) is 0 Å². The second-order valence-corrected chi connectivity index (χ2v) is 9.84. The third-order valence-electron chi connectivity index (χ3n) is 6.63. The zero-order valence-electron chi connectivity index (χ0n) is 21.1. The maximum atomic E-state index is 12.9. The van der Waals surface area contributed by atoms with E-state index in [1.54, 1.807) is 12.1 Å². The summed E-state index contributed by atoms with van der Waals surface area (Å²) in [7, 11) is 0. The third kappa shape index (κ3) is 5.35. The molecule has 1 fully saturated rings. The zero-order valence-corrected chi connectivity index (χ0v) is 21.9. The largest absolute Gasteiger partial charge is 0.436 e. The molecule has 0 radical (unpaired) electrons. The Morgan fingerprint density at radius 3 is 2.61 bits per heavy atom. The summed E-state index contributed by atoms with van der Waals surface area (Å²) < 4.78 is 5.94. The topological polar surface area (TPSA) is 114 Å². The second-order valence-electron chi connectivity index (χ2n) is 9.44. The fourth-order valence-corrected chi connectivity index (χ4v) is 4.79. The Kier molecular flexibility index (Phi) is 7.06. The van der Waals surface area contributed by atoms with Crippen LogP contribution in [0.1, 0.15) is 40.7 Å². The zero-order chi connectivity index (χ0) is 26.8. The van der Waals surface area contributed by atoms with Crippen molar-refractivity contribution in [2.75, 3.05) is 23.3 Å². The maximum Gasteiger partial charge on any atom is 0.293 e. The highest BCUT2D eigenvalue weighted by molar-refractivity contribution is 7.80. The highest BCUT2D eigenvalue weighted by Gasteiger charge is 2.23. The lowest BCUT2D eigenvalue weighted by Crippen LogP contribution is -2.34. The van der Waals surface area contributed by atoms with Crippen LogP contribution in [0, 0.1) is 24.0 Å². The van der Waals surface area contributed by atoms with Crippen LogP contribution in [0.2, 0.25) is 0 Å². The molecule has 10 heteroatoms. The first-order valence-corrected chi connectivity index (χ1v) is 12.8. The van der Waals surface area contributed by atoms with Crippen LogP contribution in [-0.4, -0.2) is 34.0 Å². The van der Waals surface area contributed by atoms with E-state index in [-0.39, 0.29) is 16.4 Å². The van der Waals surface area contributed by atoms with Gasteiger partial charge in [-0.15, -0.1) is 0 Å². The molecule has 4 aromatic rings. The standard InChI is InChI=1S/C28H27N5O4S/c1-17-6-10-21-25(14-17)37-27(29-21)20-8-7-18(2)22(15-20)30-28(38)31-26(34)19-9-11-23(24(16-19)33(35)36)32-12-4-3-5-13-32/h6-11,14-16H,3-5,12-13H2,1-2H3,(H2,30,31,34,38). The van der Waals surface area contributed by atoms with Gasteiger partial charge in [-0.2, -0.15) is 0 Å². The van der Waals surface area contributed by atoms with Crippen molar-refractivity contribution in [3.63, 3.8) is 0 Å². The molecule has 1 aromatic heterocycles. The molecule has 2 N–H and O–H groups in total. The first kappa shape index (κ1) is 25.3. The first-order chi connectivity index (χ1) is 18.3. The van der Waals surface area contributed by atoms with Gasteiger partial charge in [-0.05, 0) is 92.9 Å². The van der Waals surface area contributed by atoms with E-state index in [0.717, 1.165) is 54.6 Å². The van der Waals surface area contributed by atoms with Crippen molar-refractivity contribution in [3.05, 3.63) is 81.4 Å². The molecule has 3 aromatic carbocycles. The molecule has 5 rings (SSSR count). The number of benzene rings is 3. The number of fused-ring (bicyclic) bond motifs is 1. The molecule has 0 atom stereocenters. The predicted molar refractivity (Wildman–Crippen MR) is 152 cm³/mol. The minimum absolute atomic E-state index is 0.0752. The molecule has 1 amide bonds. The van der Waals surface area contributed by atoms with Crippen molar-refractivity contribution in [3.8, 4) is 11.5 Å². The summed E-state index contributed by atoms with van der Waals surface area (Å²) in [5.41, 5.74) is 5.50. The number of anilines is 2. The van der Waals surface area contributed by atoms with Crippen molar-refractivity contribution in [2.45, 2.75) is 33.1 Å². The lowest BCUT2D eigenvalue weighted by Gasteiger charge is -2.28. The smallest absolute Gasteiger partial charge is 0.293 e. The second kappa shape index (κ2) is 10.6. The normalized spacial score (nSPS) is 13.4. The molecule has 0 bridgehead atoms. The summed E-state index contributed by atoms with van der Waals surface area (Å²) in [4.78, 5) is 30.8. The molecular weight excluding hydrogens is 502 g/mol. The van der Waals surface area contributed by atoms with Crippen molar-refractivity contribution < 1.29 is 14.1 Å². The summed E-state index contributed by atoms with van der Waals surface area (Å²) in [6.45, 7) is 5.44. The first-order valence-electron chi connectivity index (χ1n) is 12.4. The highest BCUT2D eigenvalue weighted by atomic mass is 32.1. The highest BCUT2D eigenvalue weighted by Crippen LogP contribution is 2.32. The molecule has 0 unspecified atom stereocenters. The minimum atomic E-state index is -0.529. The van der Waals surface area contributed by atoms with Gasteiger partial charge < -0.3 is 14.6 Å². The molecule has 38 heavy (non-hydrogen) atoms. The van der Waals surface area contributed by atoms with Crippen molar-refractivity contribution in [2.24, 2.45) is 0 Å². The fourth-order valence-electron chi connectivity index (χ4n) is 4.59. The van der Waals surface area contributed by atoms with E-state index >= 15 is 0 Å². The van der Waals surface area contributed by atoms with Gasteiger partial charge in [0, 0.05) is 36.0 Å². The van der Waals surface area contributed by atoms with Gasteiger partial charge in [0.25, 0.3) is 11.6 Å². The number of aromatic nitrogens is 1. The molecular formula is C28H27N5O4S. The molecule has 0 saturated carbocycles. The van der Waals surface area contributed by atoms with E-state index in [9.17, 15) is 14.9 Å². The molecule has 0 spiro atoms. The lowest BCUT2D eigenvalue weighted by atomic mass is 10.1. The predicted octanol–water partition coefficient (Wildman–Crippen LogP) is 6.14. The number of thiocarbonyl (C=S) groups is 1. The number of nitrogens with zero attached hydrogens (tertiary/aromatic N) is 3. The lowest BCUT2D eigenvalue weighted by molar-refractivity contribution is -0.384. The number of aryl methyl sites for hydroxylation is 2. The Morgan fingerprint density at radius 2 is 1.84 bits per heavy atom. The van der Waals surface area contributed by atoms with Gasteiger partial charge in [0.05, 0.1) is 4.92 Å². The number of nitrogens with one attached hydrogen (secondary N) is 2. The van der Waals surface area contributed by atoms with E-state index in [1.807, 2.05) is 55.1 Å². The molecule has 1 aliphatic heterocycles. The molecule has 1 aliphatic rings. The van der Waals surface area contributed by atoms with Crippen LogP contribution in [0.25, 0.3) is 22.6 Å². The number of rotatable bonds is 5. The van der Waals surface area contributed by atoms with E-state index in [0.29, 0.717) is 22.8 Å². The number of hydrogen-bond donors (Lipinski definition) is 2. The number of oxazole rings is 1. The summed E-state index contributed by atoms with van der Waals surface area (Å²) in [6.07, 6.45) is 3.10. The van der Waals surface area contributed by atoms with Crippen LogP contribution in [0.5, 0.6) is 0 Å². The van der Waals surface area contributed by atoms with E-state index in [2.05, 4.69) is 15.6 Å². The van der Waals surface area contributed by atoms with Crippen molar-refractivity contribution in [1.29, 1.82) is 0 Å². The van der Waals surface area contributed by atoms with Crippen LogP contribution in [-0.2, 0) is 0 Å². The van der Waals surface area contributed by atoms with E-state index < -0.39 is 10.8 Å². The van der Waals surface area contributed by atoms with Crippen LogP contribution in [0.15, 0.2) is 59.0 Å². The van der Waals surface area contributed by atoms with Gasteiger partial charge in [0.2, 0.25) is 5.89 Å². The number of amides is 1. The molecule has 1 saturated heterocycles. The summed E-state index contributed by atoms with van der Waals surface area (Å²) >= 11 is 5.39. The Labute approximate surface area is 225 Å². The Balaban J connectivity index is 1.31. The number of piperidine rings is 1. The van der Waals surface area contributed by atoms with Crippen molar-refractivity contribution in [1.82, 2.24) is 10.3 Å². The Bertz CT molecular complexity index is 1560. The average molecular weight is 530 g/mol. The number of nitro groups is 1. The summed E-state index contributed by atoms with van der Waals surface area (Å²) in [5.74, 6) is -0.0522. The molecule has 0 aliphatic carbocycles. The van der Waals surface area contributed by atoms with Crippen LogP contribution >= 0.6 is 12.2 Å². The molecule has 9 nitrogen and oxygen atoms in total.